The number of para-hydroxylation sites is 4. The van der Waals surface area contributed by atoms with Crippen molar-refractivity contribution < 1.29 is 19.2 Å². The molecule has 0 atom stereocenters. The second-order valence-electron chi connectivity index (χ2n) is 9.81. The number of nitrogens with one attached hydrogen (secondary N) is 4. The van der Waals surface area contributed by atoms with Crippen LogP contribution in [-0.2, 0) is 0 Å². The summed E-state index contributed by atoms with van der Waals surface area (Å²) in [6, 6.07) is 20.5. The van der Waals surface area contributed by atoms with E-state index < -0.39 is 23.6 Å². The second kappa shape index (κ2) is 10.5. The third-order valence-corrected chi connectivity index (χ3v) is 7.02. The van der Waals surface area contributed by atoms with Crippen LogP contribution in [0.5, 0.6) is 0 Å². The summed E-state index contributed by atoms with van der Waals surface area (Å²) < 4.78 is 0. The molecule has 4 aromatic carbocycles. The smallest absolute Gasteiger partial charge is 0.257 e. The maximum Gasteiger partial charge on any atom is 0.257 e. The standard InChI is InChI=1S/C32H28N4O4/c1-17-9-5-13-21-25(17)33-30(38)22-14-6-10-18(2)26(22)35-32(40)24-16-8-12-20(4)28(24)36-31(39)23-15-7-11-19(3)27(23)34-29(21)37/h5-16H,1-4H3,(H,33,38)(H,34,37)(H,35,40)(H,36,39). The molecular formula is C32H28N4O4. The molecule has 1 aliphatic rings. The van der Waals surface area contributed by atoms with Crippen LogP contribution in [0.1, 0.15) is 63.7 Å². The van der Waals surface area contributed by atoms with E-state index in [0.717, 1.165) is 0 Å². The number of aryl methyl sites for hydroxylation is 4. The highest BCUT2D eigenvalue weighted by Gasteiger charge is 2.25. The zero-order valence-electron chi connectivity index (χ0n) is 22.6. The Morgan fingerprint density at radius 3 is 0.750 bits per heavy atom. The van der Waals surface area contributed by atoms with Gasteiger partial charge in [0.1, 0.15) is 0 Å². The summed E-state index contributed by atoms with van der Waals surface area (Å²) >= 11 is 0. The molecule has 200 valence electrons. The van der Waals surface area contributed by atoms with Crippen molar-refractivity contribution >= 4 is 46.4 Å². The molecule has 0 aromatic heterocycles. The Morgan fingerprint density at radius 1 is 0.350 bits per heavy atom. The Kier molecular flexibility index (Phi) is 6.92. The first kappa shape index (κ1) is 26.4. The Balaban J connectivity index is 1.73. The molecule has 40 heavy (non-hydrogen) atoms. The molecule has 8 heteroatoms. The van der Waals surface area contributed by atoms with Gasteiger partial charge in [-0.15, -0.1) is 0 Å². The van der Waals surface area contributed by atoms with Crippen LogP contribution >= 0.6 is 0 Å². The molecule has 4 N–H and O–H groups in total. The molecule has 0 radical (unpaired) electrons. The monoisotopic (exact) mass is 532 g/mol. The van der Waals surface area contributed by atoms with Gasteiger partial charge in [-0.1, -0.05) is 48.5 Å². The number of hydrogen-bond donors (Lipinski definition) is 4. The molecule has 4 amide bonds. The summed E-state index contributed by atoms with van der Waals surface area (Å²) in [6.45, 7) is 7.15. The molecule has 8 nitrogen and oxygen atoms in total. The van der Waals surface area contributed by atoms with Crippen molar-refractivity contribution in [1.29, 1.82) is 0 Å². The van der Waals surface area contributed by atoms with Gasteiger partial charge in [0, 0.05) is 0 Å². The number of rotatable bonds is 0. The van der Waals surface area contributed by atoms with Crippen LogP contribution in [0.2, 0.25) is 0 Å². The summed E-state index contributed by atoms with van der Waals surface area (Å²) in [5, 5.41) is 11.5. The molecular weight excluding hydrogens is 504 g/mol. The molecule has 0 saturated heterocycles. The van der Waals surface area contributed by atoms with Crippen molar-refractivity contribution in [3.05, 3.63) is 117 Å². The van der Waals surface area contributed by atoms with Gasteiger partial charge in [-0.25, -0.2) is 0 Å². The van der Waals surface area contributed by atoms with Gasteiger partial charge in [-0.2, -0.15) is 0 Å². The normalized spacial score (nSPS) is 13.5. The lowest BCUT2D eigenvalue weighted by Gasteiger charge is -2.20. The van der Waals surface area contributed by atoms with Crippen LogP contribution < -0.4 is 21.3 Å². The van der Waals surface area contributed by atoms with E-state index in [1.54, 1.807) is 100 Å². The topological polar surface area (TPSA) is 116 Å². The molecule has 5 rings (SSSR count). The Hall–Kier alpha value is -5.24. The van der Waals surface area contributed by atoms with Gasteiger partial charge in [0.05, 0.1) is 45.0 Å². The highest BCUT2D eigenvalue weighted by Crippen LogP contribution is 2.30. The number of benzene rings is 4. The summed E-state index contributed by atoms with van der Waals surface area (Å²) in [5.41, 5.74) is 4.94. The lowest BCUT2D eigenvalue weighted by molar-refractivity contribution is 0.101. The van der Waals surface area contributed by atoms with Gasteiger partial charge < -0.3 is 21.3 Å². The average molecular weight is 533 g/mol. The van der Waals surface area contributed by atoms with Crippen LogP contribution in [0.4, 0.5) is 22.7 Å². The number of fused-ring (bicyclic) bond motifs is 4. The number of anilines is 4. The van der Waals surface area contributed by atoms with Crippen LogP contribution in [0.3, 0.4) is 0 Å². The van der Waals surface area contributed by atoms with E-state index in [4.69, 9.17) is 0 Å². The summed E-state index contributed by atoms with van der Waals surface area (Å²) in [5.74, 6) is -1.93. The van der Waals surface area contributed by atoms with Crippen LogP contribution in [0.25, 0.3) is 0 Å². The summed E-state index contributed by atoms with van der Waals surface area (Å²) in [4.78, 5) is 54.5. The van der Waals surface area contributed by atoms with Crippen molar-refractivity contribution in [2.24, 2.45) is 0 Å². The molecule has 0 unspecified atom stereocenters. The zero-order chi connectivity index (χ0) is 28.6. The number of hydrogen-bond acceptors (Lipinski definition) is 4. The fraction of sp³-hybridized carbons (Fsp3) is 0.125. The fourth-order valence-corrected chi connectivity index (χ4v) is 4.82. The van der Waals surface area contributed by atoms with Gasteiger partial charge in [0.25, 0.3) is 23.6 Å². The molecule has 0 saturated carbocycles. The number of carbonyl (C=O) groups is 4. The first-order valence-electron chi connectivity index (χ1n) is 12.8. The van der Waals surface area contributed by atoms with E-state index in [1.165, 1.54) is 0 Å². The largest absolute Gasteiger partial charge is 0.321 e. The van der Waals surface area contributed by atoms with Crippen molar-refractivity contribution in [2.45, 2.75) is 27.7 Å². The lowest BCUT2D eigenvalue weighted by atomic mass is 10.0. The van der Waals surface area contributed by atoms with Gasteiger partial charge >= 0.3 is 0 Å². The maximum absolute atomic E-state index is 13.6. The van der Waals surface area contributed by atoms with Gasteiger partial charge in [-0.3, -0.25) is 19.2 Å². The third-order valence-electron chi connectivity index (χ3n) is 7.02. The SMILES string of the molecule is Cc1cccc2c1NC(=O)c1cccc(C)c1NC(=O)c1cccc(C)c1NC(=O)c1cccc(C)c1NC2=O. The Bertz CT molecular complexity index is 1470. The highest BCUT2D eigenvalue weighted by molar-refractivity contribution is 6.20. The highest BCUT2D eigenvalue weighted by atomic mass is 16.2. The van der Waals surface area contributed by atoms with E-state index >= 15 is 0 Å². The van der Waals surface area contributed by atoms with Crippen LogP contribution in [-0.4, -0.2) is 23.6 Å². The van der Waals surface area contributed by atoms with E-state index in [1.807, 2.05) is 0 Å². The molecule has 4 aromatic rings. The average Bonchev–Trinajstić information content (AvgIpc) is 2.92. The van der Waals surface area contributed by atoms with Gasteiger partial charge in [0.2, 0.25) is 0 Å². The van der Waals surface area contributed by atoms with Crippen molar-refractivity contribution in [1.82, 2.24) is 0 Å². The second-order valence-corrected chi connectivity index (χ2v) is 9.81. The quantitative estimate of drug-likeness (QED) is 0.214. The van der Waals surface area contributed by atoms with Crippen molar-refractivity contribution in [3.63, 3.8) is 0 Å². The van der Waals surface area contributed by atoms with Crippen molar-refractivity contribution in [2.75, 3.05) is 21.3 Å². The van der Waals surface area contributed by atoms with Gasteiger partial charge in [-0.05, 0) is 74.2 Å². The van der Waals surface area contributed by atoms with E-state index in [0.29, 0.717) is 45.0 Å². The van der Waals surface area contributed by atoms with Crippen LogP contribution in [0.15, 0.2) is 72.8 Å². The molecule has 1 heterocycles. The van der Waals surface area contributed by atoms with Crippen molar-refractivity contribution in [3.8, 4) is 0 Å². The maximum atomic E-state index is 13.6. The predicted octanol–water partition coefficient (Wildman–Crippen LogP) is 6.24. The first-order chi connectivity index (χ1) is 19.2. The summed E-state index contributed by atoms with van der Waals surface area (Å²) in [7, 11) is 0. The lowest BCUT2D eigenvalue weighted by Crippen LogP contribution is -2.25. The zero-order valence-corrected chi connectivity index (χ0v) is 22.6. The predicted molar refractivity (Wildman–Crippen MR) is 157 cm³/mol. The third kappa shape index (κ3) is 4.82. The molecule has 0 bridgehead atoms. The summed E-state index contributed by atoms with van der Waals surface area (Å²) in [6.07, 6.45) is 0. The Morgan fingerprint density at radius 2 is 0.550 bits per heavy atom. The molecule has 1 aliphatic heterocycles. The van der Waals surface area contributed by atoms with E-state index in [-0.39, 0.29) is 22.3 Å². The fourth-order valence-electron chi connectivity index (χ4n) is 4.82. The molecule has 0 spiro atoms. The van der Waals surface area contributed by atoms with Gasteiger partial charge in [0.15, 0.2) is 0 Å². The number of amides is 4. The van der Waals surface area contributed by atoms with E-state index in [9.17, 15) is 19.2 Å². The van der Waals surface area contributed by atoms with Crippen LogP contribution in [0, 0.1) is 27.7 Å². The first-order valence-corrected chi connectivity index (χ1v) is 12.8. The Labute approximate surface area is 231 Å². The molecule has 0 aliphatic carbocycles. The van der Waals surface area contributed by atoms with E-state index in [2.05, 4.69) is 21.3 Å². The minimum absolute atomic E-state index is 0.231. The minimum Gasteiger partial charge on any atom is -0.321 e. The number of carbonyl (C=O) groups excluding carboxylic acids is 4. The minimum atomic E-state index is -0.483. The molecule has 0 fully saturated rings.